The number of hydrogen-bond acceptors (Lipinski definition) is 2. The normalized spacial score (nSPS) is 19.1. The second-order valence-electron chi connectivity index (χ2n) is 4.68. The molecule has 0 aromatic rings. The predicted octanol–water partition coefficient (Wildman–Crippen LogP) is 2.57. The number of nitrogens with one attached hydrogen (secondary N) is 1. The van der Waals surface area contributed by atoms with Gasteiger partial charge in [-0.25, -0.2) is 4.79 Å². The molecule has 1 aliphatic rings. The van der Waals surface area contributed by atoms with Gasteiger partial charge in [-0.1, -0.05) is 32.1 Å². The number of hydrogen-bond donors (Lipinski definition) is 2. The number of carbonyl (C=O) groups is 2. The summed E-state index contributed by atoms with van der Waals surface area (Å²) in [6.07, 6.45) is 6.64. The Bertz CT molecular complexity index is 247. The zero-order chi connectivity index (χ0) is 12.0. The minimum Gasteiger partial charge on any atom is -0.465 e. The highest BCUT2D eigenvalue weighted by molar-refractivity contribution is 5.86. The molecular weight excluding hydrogens is 206 g/mol. The summed E-state index contributed by atoms with van der Waals surface area (Å²) in [6.45, 7) is 1.61. The quantitative estimate of drug-likeness (QED) is 0.758. The molecular formula is C12H21NO3. The van der Waals surface area contributed by atoms with Gasteiger partial charge in [-0.2, -0.15) is 0 Å². The fourth-order valence-electron chi connectivity index (χ4n) is 2.30. The maximum atomic E-state index is 11.6. The first-order chi connectivity index (χ1) is 7.59. The molecule has 1 fully saturated rings. The van der Waals surface area contributed by atoms with Crippen molar-refractivity contribution in [3.05, 3.63) is 0 Å². The van der Waals surface area contributed by atoms with E-state index in [0.29, 0.717) is 12.3 Å². The Hall–Kier alpha value is -1.06. The molecule has 1 rings (SSSR count). The van der Waals surface area contributed by atoms with Crippen LogP contribution in [0.5, 0.6) is 0 Å². The second kappa shape index (κ2) is 6.51. The molecule has 1 amide bonds. The van der Waals surface area contributed by atoms with E-state index in [9.17, 15) is 9.59 Å². The summed E-state index contributed by atoms with van der Waals surface area (Å²) in [5.74, 6) is 0.683. The summed E-state index contributed by atoms with van der Waals surface area (Å²) in [5.41, 5.74) is 0. The summed E-state index contributed by atoms with van der Waals surface area (Å²) in [4.78, 5) is 22.0. The van der Waals surface area contributed by atoms with Gasteiger partial charge in [-0.15, -0.1) is 0 Å². The van der Waals surface area contributed by atoms with Crippen LogP contribution in [-0.2, 0) is 4.79 Å². The first kappa shape index (κ1) is 13.0. The van der Waals surface area contributed by atoms with E-state index in [4.69, 9.17) is 5.11 Å². The van der Waals surface area contributed by atoms with E-state index < -0.39 is 12.1 Å². The van der Waals surface area contributed by atoms with Gasteiger partial charge in [0.2, 0.25) is 0 Å². The number of carboxylic acid groups (broad SMARTS) is 1. The van der Waals surface area contributed by atoms with Crippen LogP contribution in [0.1, 0.15) is 51.9 Å². The topological polar surface area (TPSA) is 66.4 Å². The van der Waals surface area contributed by atoms with Gasteiger partial charge in [0.25, 0.3) is 0 Å². The van der Waals surface area contributed by atoms with E-state index in [2.05, 4.69) is 5.32 Å². The first-order valence-corrected chi connectivity index (χ1v) is 6.11. The second-order valence-corrected chi connectivity index (χ2v) is 4.68. The lowest BCUT2D eigenvalue weighted by atomic mass is 9.85. The van der Waals surface area contributed by atoms with Crippen molar-refractivity contribution in [1.82, 2.24) is 5.32 Å². The predicted molar refractivity (Wildman–Crippen MR) is 61.4 cm³/mol. The molecule has 92 valence electrons. The summed E-state index contributed by atoms with van der Waals surface area (Å²) in [7, 11) is 0. The first-order valence-electron chi connectivity index (χ1n) is 6.11. The molecule has 0 radical (unpaired) electrons. The van der Waals surface area contributed by atoms with E-state index >= 15 is 0 Å². The van der Waals surface area contributed by atoms with E-state index in [1.165, 1.54) is 32.1 Å². The Kier molecular flexibility index (Phi) is 5.29. The van der Waals surface area contributed by atoms with Gasteiger partial charge in [0.05, 0.1) is 6.04 Å². The molecule has 0 bridgehead atoms. The number of carbonyl (C=O) groups excluding carboxylic acids is 1. The molecule has 0 spiro atoms. The number of rotatable bonds is 5. The zero-order valence-electron chi connectivity index (χ0n) is 9.87. The van der Waals surface area contributed by atoms with Crippen LogP contribution >= 0.6 is 0 Å². The Morgan fingerprint density at radius 2 is 1.94 bits per heavy atom. The van der Waals surface area contributed by atoms with Crippen LogP contribution in [0.4, 0.5) is 4.79 Å². The van der Waals surface area contributed by atoms with E-state index in [0.717, 1.165) is 6.42 Å². The Morgan fingerprint density at radius 3 is 2.50 bits per heavy atom. The minimum atomic E-state index is -1.13. The standard InChI is InChI=1S/C12H21NO3/c1-9(13-12(15)16)11(14)8-7-10-5-3-2-4-6-10/h9-10,13H,2-8H2,1H3,(H,15,16). The molecule has 2 N–H and O–H groups in total. The molecule has 1 aliphatic carbocycles. The average Bonchev–Trinajstić information content (AvgIpc) is 2.26. The highest BCUT2D eigenvalue weighted by Gasteiger charge is 2.18. The molecule has 1 atom stereocenters. The van der Waals surface area contributed by atoms with Crippen LogP contribution in [-0.4, -0.2) is 23.0 Å². The fourth-order valence-corrected chi connectivity index (χ4v) is 2.30. The van der Waals surface area contributed by atoms with Gasteiger partial charge >= 0.3 is 6.09 Å². The molecule has 0 heterocycles. The molecule has 0 aromatic heterocycles. The summed E-state index contributed by atoms with van der Waals surface area (Å²) >= 11 is 0. The van der Waals surface area contributed by atoms with Crippen LogP contribution in [0.3, 0.4) is 0 Å². The Balaban J connectivity index is 2.20. The van der Waals surface area contributed by atoms with Crippen LogP contribution in [0.15, 0.2) is 0 Å². The molecule has 1 saturated carbocycles. The Morgan fingerprint density at radius 1 is 1.31 bits per heavy atom. The van der Waals surface area contributed by atoms with Crippen molar-refractivity contribution in [2.75, 3.05) is 0 Å². The van der Waals surface area contributed by atoms with Crippen LogP contribution < -0.4 is 5.32 Å². The van der Waals surface area contributed by atoms with E-state index in [1.54, 1.807) is 6.92 Å². The third-order valence-corrected chi connectivity index (χ3v) is 3.35. The van der Waals surface area contributed by atoms with Gasteiger partial charge in [-0.05, 0) is 19.3 Å². The molecule has 0 aromatic carbocycles. The fraction of sp³-hybridized carbons (Fsp3) is 0.833. The smallest absolute Gasteiger partial charge is 0.405 e. The van der Waals surface area contributed by atoms with Crippen molar-refractivity contribution >= 4 is 11.9 Å². The number of ketones is 1. The monoisotopic (exact) mass is 227 g/mol. The van der Waals surface area contributed by atoms with Gasteiger partial charge < -0.3 is 10.4 Å². The molecule has 16 heavy (non-hydrogen) atoms. The maximum Gasteiger partial charge on any atom is 0.405 e. The summed E-state index contributed by atoms with van der Waals surface area (Å²) in [6, 6.07) is -0.568. The summed E-state index contributed by atoms with van der Waals surface area (Å²) < 4.78 is 0. The van der Waals surface area contributed by atoms with Crippen molar-refractivity contribution in [2.45, 2.75) is 57.9 Å². The van der Waals surface area contributed by atoms with Crippen LogP contribution in [0.2, 0.25) is 0 Å². The van der Waals surface area contributed by atoms with Crippen molar-refractivity contribution in [3.63, 3.8) is 0 Å². The zero-order valence-corrected chi connectivity index (χ0v) is 9.87. The molecule has 4 nitrogen and oxygen atoms in total. The number of Topliss-reactive ketones (excluding diaryl/α,β-unsaturated/α-hetero) is 1. The Labute approximate surface area is 96.4 Å². The number of amides is 1. The lowest BCUT2D eigenvalue weighted by molar-refractivity contribution is -0.120. The largest absolute Gasteiger partial charge is 0.465 e. The maximum absolute atomic E-state index is 11.6. The lowest BCUT2D eigenvalue weighted by Gasteiger charge is -2.21. The van der Waals surface area contributed by atoms with Crippen molar-refractivity contribution in [1.29, 1.82) is 0 Å². The highest BCUT2D eigenvalue weighted by atomic mass is 16.4. The molecule has 1 unspecified atom stereocenters. The van der Waals surface area contributed by atoms with Gasteiger partial charge in [0.15, 0.2) is 5.78 Å². The SMILES string of the molecule is CC(NC(=O)O)C(=O)CCC1CCCCC1. The van der Waals surface area contributed by atoms with Crippen LogP contribution in [0.25, 0.3) is 0 Å². The van der Waals surface area contributed by atoms with Gasteiger partial charge in [-0.3, -0.25) is 4.79 Å². The lowest BCUT2D eigenvalue weighted by Crippen LogP contribution is -2.37. The molecule has 4 heteroatoms. The van der Waals surface area contributed by atoms with Crippen molar-refractivity contribution < 1.29 is 14.7 Å². The van der Waals surface area contributed by atoms with Crippen LogP contribution in [0, 0.1) is 5.92 Å². The average molecular weight is 227 g/mol. The van der Waals surface area contributed by atoms with E-state index in [-0.39, 0.29) is 5.78 Å². The third-order valence-electron chi connectivity index (χ3n) is 3.35. The minimum absolute atomic E-state index is 0.00738. The van der Waals surface area contributed by atoms with Crippen molar-refractivity contribution in [3.8, 4) is 0 Å². The van der Waals surface area contributed by atoms with Crippen molar-refractivity contribution in [2.24, 2.45) is 5.92 Å². The molecule has 0 aliphatic heterocycles. The van der Waals surface area contributed by atoms with E-state index in [1.807, 2.05) is 0 Å². The van der Waals surface area contributed by atoms with Gasteiger partial charge in [0, 0.05) is 6.42 Å². The molecule has 0 saturated heterocycles. The summed E-state index contributed by atoms with van der Waals surface area (Å²) in [5, 5.41) is 10.7. The highest BCUT2D eigenvalue weighted by Crippen LogP contribution is 2.27. The third kappa shape index (κ3) is 4.64. The van der Waals surface area contributed by atoms with Gasteiger partial charge in [0.1, 0.15) is 0 Å².